The summed E-state index contributed by atoms with van der Waals surface area (Å²) in [6.07, 6.45) is 4.28. The molecule has 1 aliphatic carbocycles. The van der Waals surface area contributed by atoms with E-state index in [4.69, 9.17) is 4.74 Å². The molecule has 0 radical (unpaired) electrons. The summed E-state index contributed by atoms with van der Waals surface area (Å²) < 4.78 is 5.21. The highest BCUT2D eigenvalue weighted by molar-refractivity contribution is 5.94. The third kappa shape index (κ3) is 1.50. The van der Waals surface area contributed by atoms with Crippen molar-refractivity contribution in [2.45, 2.75) is 31.2 Å². The topological polar surface area (TPSA) is 41.6 Å². The van der Waals surface area contributed by atoms with E-state index in [1.165, 1.54) is 18.2 Å². The van der Waals surface area contributed by atoms with Gasteiger partial charge in [-0.15, -0.1) is 0 Å². The Labute approximate surface area is 142 Å². The van der Waals surface area contributed by atoms with Crippen molar-refractivity contribution in [2.24, 2.45) is 5.92 Å². The normalized spacial score (nSPS) is 34.8. The van der Waals surface area contributed by atoms with E-state index in [9.17, 15) is 4.79 Å². The molecule has 124 valence electrons. The van der Waals surface area contributed by atoms with Gasteiger partial charge in [0.1, 0.15) is 0 Å². The predicted molar refractivity (Wildman–Crippen MR) is 92.6 cm³/mol. The molecule has 1 aromatic carbocycles. The minimum atomic E-state index is -0.173. The van der Waals surface area contributed by atoms with Gasteiger partial charge < -0.3 is 10.1 Å². The molecule has 2 fully saturated rings. The SMILES string of the molecule is C/C=C1/CN2CC[C@@]34C(=C(C(=O)OC)[C@H]1C[C@@H]23)Nc1ccccc14. The van der Waals surface area contributed by atoms with Crippen LogP contribution in [0.25, 0.3) is 0 Å². The summed E-state index contributed by atoms with van der Waals surface area (Å²) in [5.41, 5.74) is 5.78. The van der Waals surface area contributed by atoms with Crippen molar-refractivity contribution in [1.82, 2.24) is 4.90 Å². The first kappa shape index (κ1) is 14.3. The average molecular weight is 322 g/mol. The number of nitrogens with one attached hydrogen (secondary N) is 1. The van der Waals surface area contributed by atoms with Crippen LogP contribution in [-0.4, -0.2) is 37.1 Å². The fourth-order valence-corrected chi connectivity index (χ4v) is 5.61. The number of carbonyl (C=O) groups excluding carboxylic acids is 1. The molecular formula is C20H22N2O2. The zero-order valence-corrected chi connectivity index (χ0v) is 14.1. The monoisotopic (exact) mass is 322 g/mol. The largest absolute Gasteiger partial charge is 0.466 e. The number of rotatable bonds is 1. The highest BCUT2D eigenvalue weighted by atomic mass is 16.5. The van der Waals surface area contributed by atoms with Gasteiger partial charge in [-0.3, -0.25) is 4.90 Å². The molecule has 4 heteroatoms. The number of esters is 1. The Hall–Kier alpha value is -2.07. The van der Waals surface area contributed by atoms with Gasteiger partial charge in [0, 0.05) is 36.4 Å². The van der Waals surface area contributed by atoms with E-state index in [1.54, 1.807) is 0 Å². The average Bonchev–Trinajstić information content (AvgIpc) is 3.17. The van der Waals surface area contributed by atoms with E-state index in [0.29, 0.717) is 6.04 Å². The highest BCUT2D eigenvalue weighted by Crippen LogP contribution is 2.61. The second-order valence-corrected chi connectivity index (χ2v) is 7.31. The highest BCUT2D eigenvalue weighted by Gasteiger charge is 2.62. The Morgan fingerprint density at radius 1 is 1.42 bits per heavy atom. The van der Waals surface area contributed by atoms with Crippen LogP contribution in [0, 0.1) is 5.92 Å². The van der Waals surface area contributed by atoms with Gasteiger partial charge in [0.2, 0.25) is 0 Å². The van der Waals surface area contributed by atoms with E-state index in [0.717, 1.165) is 42.9 Å². The molecule has 5 rings (SSSR count). The maximum Gasteiger partial charge on any atom is 0.336 e. The van der Waals surface area contributed by atoms with Gasteiger partial charge in [0.25, 0.3) is 0 Å². The number of piperidine rings is 1. The second-order valence-electron chi connectivity index (χ2n) is 7.31. The predicted octanol–water partition coefficient (Wildman–Crippen LogP) is 2.83. The van der Waals surface area contributed by atoms with Crippen LogP contribution in [0.5, 0.6) is 0 Å². The first-order valence-electron chi connectivity index (χ1n) is 8.79. The number of carbonyl (C=O) groups is 1. The standard InChI is InChI=1S/C20H22N2O2/c1-3-12-11-22-9-8-20-14-6-4-5-7-15(14)21-18(20)17(19(23)24-2)13(12)10-16(20)22/h3-7,13,16,21H,8-11H2,1-2H3/b12-3-/t13-,16+,20-/m0/s1. The lowest BCUT2D eigenvalue weighted by molar-refractivity contribution is -0.137. The van der Waals surface area contributed by atoms with Gasteiger partial charge in [0.05, 0.1) is 18.1 Å². The summed E-state index contributed by atoms with van der Waals surface area (Å²) in [7, 11) is 1.50. The minimum Gasteiger partial charge on any atom is -0.466 e. The van der Waals surface area contributed by atoms with Crippen LogP contribution < -0.4 is 5.32 Å². The Kier molecular flexibility index (Phi) is 2.82. The third-order valence-corrected chi connectivity index (χ3v) is 6.60. The number of allylic oxidation sites excluding steroid dienone is 1. The van der Waals surface area contributed by atoms with Gasteiger partial charge in [-0.25, -0.2) is 4.79 Å². The van der Waals surface area contributed by atoms with Gasteiger partial charge in [-0.2, -0.15) is 0 Å². The van der Waals surface area contributed by atoms with Gasteiger partial charge >= 0.3 is 5.97 Å². The number of ether oxygens (including phenoxy) is 1. The van der Waals surface area contributed by atoms with Crippen molar-refractivity contribution in [1.29, 1.82) is 0 Å². The maximum absolute atomic E-state index is 12.7. The number of methoxy groups -OCH3 is 1. The molecule has 4 aliphatic rings. The molecule has 2 bridgehead atoms. The van der Waals surface area contributed by atoms with Crippen molar-refractivity contribution in [2.75, 3.05) is 25.5 Å². The number of nitrogens with zero attached hydrogens (tertiary/aromatic N) is 1. The fourth-order valence-electron chi connectivity index (χ4n) is 5.61. The van der Waals surface area contributed by atoms with Crippen LogP contribution in [0.2, 0.25) is 0 Å². The molecule has 0 unspecified atom stereocenters. The summed E-state index contributed by atoms with van der Waals surface area (Å²) in [6.45, 7) is 4.15. The molecule has 1 spiro atoms. The van der Waals surface area contributed by atoms with Gasteiger partial charge in [-0.1, -0.05) is 29.8 Å². The molecule has 3 atom stereocenters. The number of hydrogen-bond donors (Lipinski definition) is 1. The number of benzene rings is 1. The van der Waals surface area contributed by atoms with E-state index in [-0.39, 0.29) is 17.3 Å². The zero-order valence-electron chi connectivity index (χ0n) is 14.1. The van der Waals surface area contributed by atoms with E-state index >= 15 is 0 Å². The van der Waals surface area contributed by atoms with Crippen LogP contribution in [-0.2, 0) is 14.9 Å². The summed E-state index contributed by atoms with van der Waals surface area (Å²) >= 11 is 0. The minimum absolute atomic E-state index is 0.0596. The molecule has 1 aromatic rings. The number of fused-ring (bicyclic) bond motifs is 2. The van der Waals surface area contributed by atoms with Crippen molar-refractivity contribution in [3.63, 3.8) is 0 Å². The molecule has 0 saturated carbocycles. The summed E-state index contributed by atoms with van der Waals surface area (Å²) in [5, 5.41) is 3.62. The molecule has 1 N–H and O–H groups in total. The Bertz CT molecular complexity index is 810. The number of anilines is 1. The Balaban J connectivity index is 1.82. The second kappa shape index (κ2) is 4.73. The van der Waals surface area contributed by atoms with Crippen molar-refractivity contribution < 1.29 is 9.53 Å². The molecule has 2 saturated heterocycles. The molecule has 3 heterocycles. The molecule has 0 amide bonds. The van der Waals surface area contributed by atoms with Crippen molar-refractivity contribution >= 4 is 11.7 Å². The lowest BCUT2D eigenvalue weighted by atomic mass is 9.62. The number of para-hydroxylation sites is 1. The Morgan fingerprint density at radius 3 is 3.04 bits per heavy atom. The first-order valence-corrected chi connectivity index (χ1v) is 8.79. The van der Waals surface area contributed by atoms with Crippen molar-refractivity contribution in [3.05, 3.63) is 52.7 Å². The number of hydrogen-bond acceptors (Lipinski definition) is 4. The molecule has 24 heavy (non-hydrogen) atoms. The quantitative estimate of drug-likeness (QED) is 0.638. The smallest absolute Gasteiger partial charge is 0.336 e. The fraction of sp³-hybridized carbons (Fsp3) is 0.450. The van der Waals surface area contributed by atoms with E-state index in [1.807, 2.05) is 0 Å². The summed E-state index contributed by atoms with van der Waals surface area (Å²) in [4.78, 5) is 15.3. The van der Waals surface area contributed by atoms with Gasteiger partial charge in [-0.05, 0) is 31.4 Å². The van der Waals surface area contributed by atoms with Crippen LogP contribution in [0.1, 0.15) is 25.3 Å². The Morgan fingerprint density at radius 2 is 2.25 bits per heavy atom. The van der Waals surface area contributed by atoms with Crippen LogP contribution in [0.15, 0.2) is 47.2 Å². The lowest BCUT2D eigenvalue weighted by Gasteiger charge is -2.48. The van der Waals surface area contributed by atoms with Crippen molar-refractivity contribution in [3.8, 4) is 0 Å². The van der Waals surface area contributed by atoms with Crippen LogP contribution in [0.3, 0.4) is 0 Å². The molecule has 0 aromatic heterocycles. The molecular weight excluding hydrogens is 300 g/mol. The van der Waals surface area contributed by atoms with Crippen LogP contribution in [0.4, 0.5) is 5.69 Å². The van der Waals surface area contributed by atoms with E-state index in [2.05, 4.69) is 47.5 Å². The van der Waals surface area contributed by atoms with E-state index < -0.39 is 0 Å². The molecule has 4 nitrogen and oxygen atoms in total. The van der Waals surface area contributed by atoms with Crippen LogP contribution >= 0.6 is 0 Å². The zero-order chi connectivity index (χ0) is 16.5. The summed E-state index contributed by atoms with van der Waals surface area (Å²) in [5.74, 6) is 0.0135. The van der Waals surface area contributed by atoms with Gasteiger partial charge in [0.15, 0.2) is 0 Å². The lowest BCUT2D eigenvalue weighted by Crippen LogP contribution is -2.53. The first-order chi connectivity index (χ1) is 11.7. The maximum atomic E-state index is 12.7. The summed E-state index contributed by atoms with van der Waals surface area (Å²) in [6, 6.07) is 9.03. The third-order valence-electron chi connectivity index (χ3n) is 6.60. The molecule has 3 aliphatic heterocycles.